The molecule has 0 spiro atoms. The van der Waals surface area contributed by atoms with Crippen molar-refractivity contribution in [3.8, 4) is 11.3 Å². The average molecular weight is 248 g/mol. The SMILES string of the molecule is Cn1nc(-c2cccc3c(Cl)[nH]nc23)cc1N. The van der Waals surface area contributed by atoms with Gasteiger partial charge in [-0.2, -0.15) is 10.2 Å². The summed E-state index contributed by atoms with van der Waals surface area (Å²) in [5, 5.41) is 12.7. The minimum Gasteiger partial charge on any atom is -0.384 e. The minimum absolute atomic E-state index is 0.533. The molecule has 86 valence electrons. The lowest BCUT2D eigenvalue weighted by Crippen LogP contribution is -1.96. The van der Waals surface area contributed by atoms with Crippen molar-refractivity contribution in [2.45, 2.75) is 0 Å². The number of aromatic nitrogens is 4. The molecule has 3 rings (SSSR count). The molecule has 3 N–H and O–H groups in total. The van der Waals surface area contributed by atoms with Gasteiger partial charge in [0.2, 0.25) is 0 Å². The van der Waals surface area contributed by atoms with Crippen LogP contribution < -0.4 is 5.73 Å². The highest BCUT2D eigenvalue weighted by molar-refractivity contribution is 6.34. The number of aromatic amines is 1. The number of nitrogen functional groups attached to an aromatic ring is 1. The standard InChI is InChI=1S/C11H10ClN5/c1-17-9(13)5-8(16-17)6-3-2-4-7-10(6)14-15-11(7)12/h2-5H,13H2,1H3,(H,14,15). The molecule has 0 radical (unpaired) electrons. The van der Waals surface area contributed by atoms with Crippen LogP contribution >= 0.6 is 11.6 Å². The molecule has 3 aromatic rings. The lowest BCUT2D eigenvalue weighted by atomic mass is 10.1. The Hall–Kier alpha value is -2.01. The first-order chi connectivity index (χ1) is 8.16. The smallest absolute Gasteiger partial charge is 0.132 e. The van der Waals surface area contributed by atoms with Crippen molar-refractivity contribution < 1.29 is 0 Å². The normalized spacial score (nSPS) is 11.2. The Bertz CT molecular complexity index is 678. The maximum Gasteiger partial charge on any atom is 0.132 e. The number of nitrogens with zero attached hydrogens (tertiary/aromatic N) is 3. The summed E-state index contributed by atoms with van der Waals surface area (Å²) < 4.78 is 1.63. The largest absolute Gasteiger partial charge is 0.384 e. The van der Waals surface area contributed by atoms with E-state index >= 15 is 0 Å². The van der Waals surface area contributed by atoms with Crippen molar-refractivity contribution >= 4 is 28.3 Å². The van der Waals surface area contributed by atoms with E-state index in [1.807, 2.05) is 24.3 Å². The fourth-order valence-corrected chi connectivity index (χ4v) is 2.02. The molecule has 0 fully saturated rings. The second kappa shape index (κ2) is 3.49. The molecule has 0 unspecified atom stereocenters. The Morgan fingerprint density at radius 3 is 2.94 bits per heavy atom. The van der Waals surface area contributed by atoms with E-state index in [9.17, 15) is 0 Å². The molecule has 0 saturated heterocycles. The molecule has 17 heavy (non-hydrogen) atoms. The first kappa shape index (κ1) is 10.2. The highest BCUT2D eigenvalue weighted by atomic mass is 35.5. The van der Waals surface area contributed by atoms with E-state index in [1.54, 1.807) is 11.7 Å². The van der Waals surface area contributed by atoms with Gasteiger partial charge in [-0.05, 0) is 6.07 Å². The number of benzene rings is 1. The Kier molecular flexibility index (Phi) is 2.09. The van der Waals surface area contributed by atoms with Crippen molar-refractivity contribution in [1.82, 2.24) is 20.0 Å². The number of halogens is 1. The van der Waals surface area contributed by atoms with Crippen LogP contribution in [-0.4, -0.2) is 20.0 Å². The summed E-state index contributed by atoms with van der Waals surface area (Å²) in [5.74, 6) is 0.610. The third-order valence-corrected chi connectivity index (χ3v) is 3.02. The molecular formula is C11H10ClN5. The van der Waals surface area contributed by atoms with Gasteiger partial charge in [-0.1, -0.05) is 23.7 Å². The average Bonchev–Trinajstić information content (AvgIpc) is 2.84. The molecule has 0 aliphatic rings. The summed E-state index contributed by atoms with van der Waals surface area (Å²) in [6, 6.07) is 7.60. The number of nitrogens with one attached hydrogen (secondary N) is 1. The number of fused-ring (bicyclic) bond motifs is 1. The molecule has 2 aromatic heterocycles. The van der Waals surface area contributed by atoms with Crippen molar-refractivity contribution in [1.29, 1.82) is 0 Å². The van der Waals surface area contributed by atoms with Gasteiger partial charge in [0.05, 0.1) is 5.69 Å². The first-order valence-electron chi connectivity index (χ1n) is 5.09. The molecular weight excluding hydrogens is 238 g/mol. The van der Waals surface area contributed by atoms with Gasteiger partial charge >= 0.3 is 0 Å². The fraction of sp³-hybridized carbons (Fsp3) is 0.0909. The van der Waals surface area contributed by atoms with E-state index in [0.717, 1.165) is 22.2 Å². The van der Waals surface area contributed by atoms with E-state index < -0.39 is 0 Å². The third-order valence-electron chi connectivity index (χ3n) is 2.73. The van der Waals surface area contributed by atoms with Gasteiger partial charge in [-0.25, -0.2) is 0 Å². The minimum atomic E-state index is 0.533. The van der Waals surface area contributed by atoms with Crippen molar-refractivity contribution in [3.05, 3.63) is 29.4 Å². The number of H-pyrrole nitrogens is 1. The lowest BCUT2D eigenvalue weighted by Gasteiger charge is -1.97. The molecule has 0 bridgehead atoms. The van der Waals surface area contributed by atoms with Crippen LogP contribution in [0.3, 0.4) is 0 Å². The Balaban J connectivity index is 2.30. The van der Waals surface area contributed by atoms with E-state index in [-0.39, 0.29) is 0 Å². The van der Waals surface area contributed by atoms with Gasteiger partial charge in [0.25, 0.3) is 0 Å². The van der Waals surface area contributed by atoms with Gasteiger partial charge < -0.3 is 5.73 Å². The van der Waals surface area contributed by atoms with E-state index in [4.69, 9.17) is 17.3 Å². The van der Waals surface area contributed by atoms with E-state index in [2.05, 4.69) is 15.3 Å². The zero-order valence-corrected chi connectivity index (χ0v) is 9.86. The summed E-state index contributed by atoms with van der Waals surface area (Å²) in [6.07, 6.45) is 0. The maximum atomic E-state index is 6.00. The topological polar surface area (TPSA) is 72.5 Å². The number of anilines is 1. The molecule has 6 heteroatoms. The van der Waals surface area contributed by atoms with Crippen LogP contribution in [0.1, 0.15) is 0 Å². The molecule has 0 saturated carbocycles. The second-order valence-electron chi connectivity index (χ2n) is 3.82. The van der Waals surface area contributed by atoms with Crippen LogP contribution in [0.25, 0.3) is 22.2 Å². The summed E-state index contributed by atoms with van der Waals surface area (Å²) in [5.41, 5.74) is 8.28. The predicted octanol–water partition coefficient (Wildman–Crippen LogP) is 2.20. The maximum absolute atomic E-state index is 6.00. The van der Waals surface area contributed by atoms with Crippen molar-refractivity contribution in [3.63, 3.8) is 0 Å². The van der Waals surface area contributed by atoms with Crippen molar-refractivity contribution in [2.24, 2.45) is 7.05 Å². The zero-order valence-electron chi connectivity index (χ0n) is 9.11. The van der Waals surface area contributed by atoms with Crippen LogP contribution in [0.15, 0.2) is 24.3 Å². The first-order valence-corrected chi connectivity index (χ1v) is 5.47. The monoisotopic (exact) mass is 247 g/mol. The van der Waals surface area contributed by atoms with Gasteiger partial charge in [0.15, 0.2) is 0 Å². The number of hydrogen-bond donors (Lipinski definition) is 2. The lowest BCUT2D eigenvalue weighted by molar-refractivity contribution is 0.782. The fourth-order valence-electron chi connectivity index (χ4n) is 1.83. The molecule has 2 heterocycles. The Morgan fingerprint density at radius 2 is 2.24 bits per heavy atom. The number of para-hydroxylation sites is 1. The van der Waals surface area contributed by atoms with E-state index in [0.29, 0.717) is 11.0 Å². The van der Waals surface area contributed by atoms with Gasteiger partial charge in [0.1, 0.15) is 16.5 Å². The third kappa shape index (κ3) is 1.47. The number of nitrogens with two attached hydrogens (primary N) is 1. The van der Waals surface area contributed by atoms with Crippen LogP contribution in [0.4, 0.5) is 5.82 Å². The zero-order chi connectivity index (χ0) is 12.0. The number of hydrogen-bond acceptors (Lipinski definition) is 3. The van der Waals surface area contributed by atoms with E-state index in [1.165, 1.54) is 0 Å². The molecule has 5 nitrogen and oxygen atoms in total. The predicted molar refractivity (Wildman–Crippen MR) is 67.7 cm³/mol. The highest BCUT2D eigenvalue weighted by Gasteiger charge is 2.12. The van der Waals surface area contributed by atoms with Crippen molar-refractivity contribution in [2.75, 3.05) is 5.73 Å². The summed E-state index contributed by atoms with van der Waals surface area (Å²) >= 11 is 6.00. The molecule has 0 aliphatic carbocycles. The van der Waals surface area contributed by atoms with Gasteiger partial charge in [0, 0.05) is 24.1 Å². The molecule has 0 atom stereocenters. The summed E-state index contributed by atoms with van der Waals surface area (Å²) in [4.78, 5) is 0. The quantitative estimate of drug-likeness (QED) is 0.692. The van der Waals surface area contributed by atoms with Crippen LogP contribution in [-0.2, 0) is 7.05 Å². The molecule has 0 aliphatic heterocycles. The highest BCUT2D eigenvalue weighted by Crippen LogP contribution is 2.30. The van der Waals surface area contributed by atoms with Crippen LogP contribution in [0.2, 0.25) is 5.15 Å². The number of rotatable bonds is 1. The van der Waals surface area contributed by atoms with Crippen LogP contribution in [0, 0.1) is 0 Å². The Morgan fingerprint density at radius 1 is 1.41 bits per heavy atom. The summed E-state index contributed by atoms with van der Waals surface area (Å²) in [6.45, 7) is 0. The van der Waals surface area contributed by atoms with Gasteiger partial charge in [-0.15, -0.1) is 0 Å². The molecule has 1 aromatic carbocycles. The second-order valence-corrected chi connectivity index (χ2v) is 4.20. The molecule has 0 amide bonds. The van der Waals surface area contributed by atoms with Crippen LogP contribution in [0.5, 0.6) is 0 Å². The Labute approximate surface area is 102 Å². The van der Waals surface area contributed by atoms with Gasteiger partial charge in [-0.3, -0.25) is 9.78 Å². The summed E-state index contributed by atoms with van der Waals surface area (Å²) in [7, 11) is 1.80. The number of aryl methyl sites for hydroxylation is 1.